The average Bonchev–Trinajstić information content (AvgIpc) is 2.85. The number of carbonyl (C=O) groups is 1. The Kier molecular flexibility index (Phi) is 6.39. The minimum Gasteiger partial charge on any atom is -0.480 e. The van der Waals surface area contributed by atoms with Crippen LogP contribution in [0, 0.1) is 5.92 Å². The van der Waals surface area contributed by atoms with Crippen molar-refractivity contribution in [1.29, 1.82) is 0 Å². The molecule has 2 rings (SSSR count). The predicted molar refractivity (Wildman–Crippen MR) is 73.7 cm³/mol. The Balaban J connectivity index is 0.000000861. The highest BCUT2D eigenvalue weighted by Gasteiger charge is 2.19. The summed E-state index contributed by atoms with van der Waals surface area (Å²) < 4.78 is 6.55. The third-order valence-corrected chi connectivity index (χ3v) is 3.34. The first-order valence-corrected chi connectivity index (χ1v) is 7.06. The van der Waals surface area contributed by atoms with E-state index < -0.39 is 5.97 Å². The van der Waals surface area contributed by atoms with E-state index in [2.05, 4.69) is 5.10 Å². The Labute approximate surface area is 114 Å². The van der Waals surface area contributed by atoms with Crippen molar-refractivity contribution < 1.29 is 14.6 Å². The molecule has 0 saturated heterocycles. The fourth-order valence-electron chi connectivity index (χ4n) is 2.42. The topological polar surface area (TPSA) is 64.3 Å². The fraction of sp³-hybridized carbons (Fsp3) is 0.714. The molecular formula is C14H24N2O3. The zero-order valence-electron chi connectivity index (χ0n) is 12.1. The number of ether oxygens (including phenoxy) is 1. The highest BCUT2D eigenvalue weighted by atomic mass is 16.5. The molecular weight excluding hydrogens is 244 g/mol. The van der Waals surface area contributed by atoms with E-state index >= 15 is 0 Å². The molecule has 0 aliphatic heterocycles. The van der Waals surface area contributed by atoms with Gasteiger partial charge in [-0.25, -0.2) is 4.79 Å². The summed E-state index contributed by atoms with van der Waals surface area (Å²) in [5.74, 6) is -0.0266. The van der Waals surface area contributed by atoms with Gasteiger partial charge in [0.1, 0.15) is 5.69 Å². The van der Waals surface area contributed by atoms with Crippen molar-refractivity contribution in [2.24, 2.45) is 5.92 Å². The van der Waals surface area contributed by atoms with E-state index in [4.69, 9.17) is 9.84 Å². The molecule has 1 aromatic rings. The minimum atomic E-state index is -0.948. The maximum atomic E-state index is 11.1. The summed E-state index contributed by atoms with van der Waals surface area (Å²) in [6.45, 7) is 4.69. The summed E-state index contributed by atoms with van der Waals surface area (Å²) in [6, 6.07) is 1.48. The SMILES string of the molecule is CC.COc1cc(C(=O)O)n(CC2CCCCC2)n1. The molecule has 108 valence electrons. The van der Waals surface area contributed by atoms with Gasteiger partial charge in [0.15, 0.2) is 0 Å². The van der Waals surface area contributed by atoms with Crippen LogP contribution >= 0.6 is 0 Å². The third-order valence-electron chi connectivity index (χ3n) is 3.34. The van der Waals surface area contributed by atoms with Gasteiger partial charge < -0.3 is 9.84 Å². The number of rotatable bonds is 4. The minimum absolute atomic E-state index is 0.215. The van der Waals surface area contributed by atoms with Gasteiger partial charge in [-0.3, -0.25) is 4.68 Å². The highest BCUT2D eigenvalue weighted by molar-refractivity contribution is 5.86. The summed E-state index contributed by atoms with van der Waals surface area (Å²) >= 11 is 0. The number of aromatic carboxylic acids is 1. The number of aromatic nitrogens is 2. The summed E-state index contributed by atoms with van der Waals surface area (Å²) in [5, 5.41) is 13.2. The van der Waals surface area contributed by atoms with Crippen LogP contribution in [-0.2, 0) is 6.54 Å². The number of carboxylic acids is 1. The van der Waals surface area contributed by atoms with E-state index in [-0.39, 0.29) is 5.69 Å². The molecule has 0 aromatic carbocycles. The second-order valence-corrected chi connectivity index (χ2v) is 4.56. The zero-order chi connectivity index (χ0) is 14.3. The lowest BCUT2D eigenvalue weighted by molar-refractivity contribution is 0.0681. The van der Waals surface area contributed by atoms with Crippen LogP contribution < -0.4 is 4.74 Å². The van der Waals surface area contributed by atoms with Crippen LogP contribution in [0.25, 0.3) is 0 Å². The number of hydrogen-bond donors (Lipinski definition) is 1. The zero-order valence-corrected chi connectivity index (χ0v) is 12.1. The Morgan fingerprint density at radius 3 is 2.58 bits per heavy atom. The molecule has 5 nitrogen and oxygen atoms in total. The van der Waals surface area contributed by atoms with Crippen molar-refractivity contribution in [3.63, 3.8) is 0 Å². The van der Waals surface area contributed by atoms with Gasteiger partial charge in [-0.05, 0) is 18.8 Å². The standard InChI is InChI=1S/C12H18N2O3.C2H6/c1-17-11-7-10(12(15)16)14(13-11)8-9-5-3-2-4-6-9;1-2/h7,9H,2-6,8H2,1H3,(H,15,16);1-2H3. The lowest BCUT2D eigenvalue weighted by atomic mass is 9.89. The molecule has 1 aromatic heterocycles. The van der Waals surface area contributed by atoms with E-state index in [1.807, 2.05) is 13.8 Å². The van der Waals surface area contributed by atoms with Gasteiger partial charge in [-0.2, -0.15) is 0 Å². The van der Waals surface area contributed by atoms with Crippen molar-refractivity contribution >= 4 is 5.97 Å². The molecule has 0 atom stereocenters. The number of carboxylic acid groups (broad SMARTS) is 1. The molecule has 0 spiro atoms. The monoisotopic (exact) mass is 268 g/mol. The van der Waals surface area contributed by atoms with E-state index in [0.29, 0.717) is 18.3 Å². The summed E-state index contributed by atoms with van der Waals surface area (Å²) in [4.78, 5) is 11.1. The molecule has 19 heavy (non-hydrogen) atoms. The van der Waals surface area contributed by atoms with Crippen molar-refractivity contribution in [2.45, 2.75) is 52.5 Å². The van der Waals surface area contributed by atoms with Crippen molar-refractivity contribution in [1.82, 2.24) is 9.78 Å². The first-order valence-electron chi connectivity index (χ1n) is 7.06. The van der Waals surface area contributed by atoms with Gasteiger partial charge in [-0.15, -0.1) is 5.10 Å². The van der Waals surface area contributed by atoms with Gasteiger partial charge in [0.25, 0.3) is 0 Å². The van der Waals surface area contributed by atoms with E-state index in [9.17, 15) is 4.79 Å². The van der Waals surface area contributed by atoms with Gasteiger partial charge >= 0.3 is 5.97 Å². The molecule has 0 unspecified atom stereocenters. The maximum Gasteiger partial charge on any atom is 0.354 e. The van der Waals surface area contributed by atoms with E-state index in [1.165, 1.54) is 45.3 Å². The molecule has 5 heteroatoms. The van der Waals surface area contributed by atoms with E-state index in [1.54, 1.807) is 4.68 Å². The van der Waals surface area contributed by atoms with Crippen molar-refractivity contribution in [3.05, 3.63) is 11.8 Å². The summed E-state index contributed by atoms with van der Waals surface area (Å²) in [5.41, 5.74) is 0.215. The smallest absolute Gasteiger partial charge is 0.354 e. The van der Waals surface area contributed by atoms with Gasteiger partial charge in [0.05, 0.1) is 7.11 Å². The average molecular weight is 268 g/mol. The number of methoxy groups -OCH3 is 1. The largest absolute Gasteiger partial charge is 0.480 e. The molecule has 1 aliphatic carbocycles. The van der Waals surface area contributed by atoms with Gasteiger partial charge in [0.2, 0.25) is 5.88 Å². The Morgan fingerprint density at radius 1 is 1.42 bits per heavy atom. The number of hydrogen-bond acceptors (Lipinski definition) is 3. The van der Waals surface area contributed by atoms with Crippen molar-refractivity contribution in [2.75, 3.05) is 7.11 Å². The molecule has 1 saturated carbocycles. The predicted octanol–water partition coefficient (Wildman–Crippen LogP) is 3.20. The molecule has 0 radical (unpaired) electrons. The summed E-state index contributed by atoms with van der Waals surface area (Å²) in [7, 11) is 1.50. The van der Waals surface area contributed by atoms with Crippen LogP contribution in [0.1, 0.15) is 56.4 Å². The van der Waals surface area contributed by atoms with Crippen LogP contribution in [0.5, 0.6) is 5.88 Å². The third kappa shape index (κ3) is 4.26. The second-order valence-electron chi connectivity index (χ2n) is 4.56. The van der Waals surface area contributed by atoms with E-state index in [0.717, 1.165) is 0 Å². The Hall–Kier alpha value is -1.52. The first-order chi connectivity index (χ1) is 9.20. The Morgan fingerprint density at radius 2 is 2.05 bits per heavy atom. The highest BCUT2D eigenvalue weighted by Crippen LogP contribution is 2.26. The lowest BCUT2D eigenvalue weighted by Gasteiger charge is -2.21. The number of nitrogens with zero attached hydrogens (tertiary/aromatic N) is 2. The van der Waals surface area contributed by atoms with Crippen LogP contribution in [0.2, 0.25) is 0 Å². The molecule has 1 aliphatic rings. The fourth-order valence-corrected chi connectivity index (χ4v) is 2.42. The Bertz CT molecular complexity index is 395. The molecule has 0 bridgehead atoms. The van der Waals surface area contributed by atoms with Gasteiger partial charge in [0, 0.05) is 12.6 Å². The first kappa shape index (κ1) is 15.5. The second kappa shape index (κ2) is 7.81. The van der Waals surface area contributed by atoms with Gasteiger partial charge in [-0.1, -0.05) is 33.1 Å². The summed E-state index contributed by atoms with van der Waals surface area (Å²) in [6.07, 6.45) is 6.12. The normalized spacial score (nSPS) is 15.5. The molecule has 1 heterocycles. The van der Waals surface area contributed by atoms with Crippen LogP contribution in [0.15, 0.2) is 6.07 Å². The molecule has 0 amide bonds. The molecule has 1 N–H and O–H groups in total. The van der Waals surface area contributed by atoms with Crippen LogP contribution in [-0.4, -0.2) is 28.0 Å². The van der Waals surface area contributed by atoms with Crippen molar-refractivity contribution in [3.8, 4) is 5.88 Å². The maximum absolute atomic E-state index is 11.1. The lowest BCUT2D eigenvalue weighted by Crippen LogP contribution is -2.18. The van der Waals surface area contributed by atoms with Crippen LogP contribution in [0.4, 0.5) is 0 Å². The van der Waals surface area contributed by atoms with Crippen LogP contribution in [0.3, 0.4) is 0 Å². The molecule has 1 fully saturated rings. The quantitative estimate of drug-likeness (QED) is 0.910.